The lowest BCUT2D eigenvalue weighted by Gasteiger charge is -2.25. The third-order valence-corrected chi connectivity index (χ3v) is 2.34. The summed E-state index contributed by atoms with van der Waals surface area (Å²) in [6.07, 6.45) is 3.38. The summed E-state index contributed by atoms with van der Waals surface area (Å²) in [5.41, 5.74) is 3.41. The van der Waals surface area contributed by atoms with Gasteiger partial charge in [-0.1, -0.05) is 0 Å². The van der Waals surface area contributed by atoms with Crippen molar-refractivity contribution in [2.24, 2.45) is 5.84 Å². The van der Waals surface area contributed by atoms with Crippen molar-refractivity contribution in [3.05, 3.63) is 18.1 Å². The largest absolute Gasteiger partial charge is 0.379 e. The molecule has 1 aromatic heterocycles. The number of hydrogen-bond donors (Lipinski definition) is 2. The van der Waals surface area contributed by atoms with Crippen molar-refractivity contribution in [2.45, 2.75) is 6.54 Å². The van der Waals surface area contributed by atoms with Crippen molar-refractivity contribution in [2.75, 3.05) is 31.7 Å². The Morgan fingerprint density at radius 1 is 1.33 bits per heavy atom. The molecular weight excluding hydrogens is 194 g/mol. The fraction of sp³-hybridized carbons (Fsp3) is 0.556. The predicted molar refractivity (Wildman–Crippen MR) is 55.9 cm³/mol. The summed E-state index contributed by atoms with van der Waals surface area (Å²) in [5, 5.41) is 0. The molecule has 0 unspecified atom stereocenters. The molecule has 15 heavy (non-hydrogen) atoms. The minimum atomic E-state index is 0.584. The Bertz CT molecular complexity index is 296. The van der Waals surface area contributed by atoms with E-state index in [2.05, 4.69) is 20.3 Å². The highest BCUT2D eigenvalue weighted by molar-refractivity contribution is 5.28. The molecule has 2 rings (SSSR count). The fourth-order valence-electron chi connectivity index (χ4n) is 1.50. The van der Waals surface area contributed by atoms with Gasteiger partial charge in [0.05, 0.1) is 31.3 Å². The van der Waals surface area contributed by atoms with Crippen molar-refractivity contribution in [1.82, 2.24) is 14.9 Å². The third-order valence-electron chi connectivity index (χ3n) is 2.34. The zero-order chi connectivity index (χ0) is 10.5. The first kappa shape index (κ1) is 10.3. The lowest BCUT2D eigenvalue weighted by Crippen LogP contribution is -2.35. The highest BCUT2D eigenvalue weighted by atomic mass is 16.5. The number of rotatable bonds is 3. The van der Waals surface area contributed by atoms with Gasteiger partial charge >= 0.3 is 0 Å². The van der Waals surface area contributed by atoms with E-state index in [0.717, 1.165) is 38.5 Å². The van der Waals surface area contributed by atoms with E-state index in [1.165, 1.54) is 0 Å². The molecule has 0 bridgehead atoms. The van der Waals surface area contributed by atoms with Crippen LogP contribution in [-0.2, 0) is 11.3 Å². The van der Waals surface area contributed by atoms with Gasteiger partial charge in [0.1, 0.15) is 0 Å². The number of ether oxygens (including phenoxy) is 1. The van der Waals surface area contributed by atoms with E-state index in [9.17, 15) is 0 Å². The van der Waals surface area contributed by atoms with Gasteiger partial charge in [0.2, 0.25) is 0 Å². The van der Waals surface area contributed by atoms with Gasteiger partial charge in [-0.15, -0.1) is 0 Å². The average molecular weight is 209 g/mol. The zero-order valence-electron chi connectivity index (χ0n) is 8.52. The van der Waals surface area contributed by atoms with Crippen LogP contribution in [0.15, 0.2) is 12.4 Å². The smallest absolute Gasteiger partial charge is 0.158 e. The van der Waals surface area contributed by atoms with Crippen LogP contribution in [0.3, 0.4) is 0 Å². The van der Waals surface area contributed by atoms with Gasteiger partial charge in [0, 0.05) is 19.6 Å². The molecular formula is C9H15N5O. The van der Waals surface area contributed by atoms with Crippen LogP contribution < -0.4 is 11.3 Å². The minimum Gasteiger partial charge on any atom is -0.379 e. The number of nitrogens with zero attached hydrogens (tertiary/aromatic N) is 3. The summed E-state index contributed by atoms with van der Waals surface area (Å²) in [7, 11) is 0. The number of aromatic nitrogens is 2. The number of morpholine rings is 1. The van der Waals surface area contributed by atoms with E-state index in [4.69, 9.17) is 10.6 Å². The lowest BCUT2D eigenvalue weighted by atomic mass is 10.3. The molecule has 6 heteroatoms. The molecule has 0 spiro atoms. The Morgan fingerprint density at radius 2 is 2.13 bits per heavy atom. The predicted octanol–water partition coefficient (Wildman–Crippen LogP) is -0.406. The van der Waals surface area contributed by atoms with Gasteiger partial charge in [-0.3, -0.25) is 9.88 Å². The van der Waals surface area contributed by atoms with Gasteiger partial charge in [-0.2, -0.15) is 0 Å². The van der Waals surface area contributed by atoms with E-state index >= 15 is 0 Å². The fourth-order valence-corrected chi connectivity index (χ4v) is 1.50. The van der Waals surface area contributed by atoms with E-state index in [1.54, 1.807) is 12.4 Å². The molecule has 1 aliphatic heterocycles. The van der Waals surface area contributed by atoms with Crippen LogP contribution in [0.4, 0.5) is 5.82 Å². The second kappa shape index (κ2) is 5.01. The highest BCUT2D eigenvalue weighted by Gasteiger charge is 2.11. The first-order valence-electron chi connectivity index (χ1n) is 4.96. The molecule has 0 radical (unpaired) electrons. The Kier molecular flexibility index (Phi) is 3.44. The molecule has 1 fully saturated rings. The van der Waals surface area contributed by atoms with E-state index in [-0.39, 0.29) is 0 Å². The lowest BCUT2D eigenvalue weighted by molar-refractivity contribution is 0.0336. The van der Waals surface area contributed by atoms with Gasteiger partial charge in [0.15, 0.2) is 5.82 Å². The topological polar surface area (TPSA) is 76.3 Å². The molecule has 0 saturated carbocycles. The SMILES string of the molecule is NNc1cnc(CN2CCOCC2)cn1. The quantitative estimate of drug-likeness (QED) is 0.521. The number of anilines is 1. The zero-order valence-corrected chi connectivity index (χ0v) is 8.52. The minimum absolute atomic E-state index is 0.584. The molecule has 0 amide bonds. The maximum absolute atomic E-state index is 5.27. The second-order valence-corrected chi connectivity index (χ2v) is 3.43. The van der Waals surface area contributed by atoms with Crippen LogP contribution in [0.25, 0.3) is 0 Å². The maximum Gasteiger partial charge on any atom is 0.158 e. The van der Waals surface area contributed by atoms with Crippen LogP contribution in [0.2, 0.25) is 0 Å². The number of hydrogen-bond acceptors (Lipinski definition) is 6. The summed E-state index contributed by atoms with van der Waals surface area (Å²) in [5.74, 6) is 5.79. The van der Waals surface area contributed by atoms with Crippen molar-refractivity contribution >= 4 is 5.82 Å². The molecule has 6 nitrogen and oxygen atoms in total. The number of hydrazine groups is 1. The molecule has 0 aromatic carbocycles. The number of nitrogens with one attached hydrogen (secondary N) is 1. The molecule has 82 valence electrons. The van der Waals surface area contributed by atoms with Gasteiger partial charge < -0.3 is 10.2 Å². The Morgan fingerprint density at radius 3 is 2.73 bits per heavy atom. The van der Waals surface area contributed by atoms with Crippen LogP contribution in [0.1, 0.15) is 5.69 Å². The van der Waals surface area contributed by atoms with E-state index < -0.39 is 0 Å². The molecule has 1 saturated heterocycles. The van der Waals surface area contributed by atoms with Gasteiger partial charge in [-0.25, -0.2) is 10.8 Å². The molecule has 0 atom stereocenters. The highest BCUT2D eigenvalue weighted by Crippen LogP contribution is 2.05. The average Bonchev–Trinajstić information content (AvgIpc) is 2.31. The van der Waals surface area contributed by atoms with Gasteiger partial charge in [0.25, 0.3) is 0 Å². The Hall–Kier alpha value is -1.24. The summed E-state index contributed by atoms with van der Waals surface area (Å²) < 4.78 is 5.27. The molecule has 2 heterocycles. The van der Waals surface area contributed by atoms with Crippen LogP contribution >= 0.6 is 0 Å². The third kappa shape index (κ3) is 2.85. The van der Waals surface area contributed by atoms with Crippen LogP contribution in [-0.4, -0.2) is 41.2 Å². The summed E-state index contributed by atoms with van der Waals surface area (Å²) in [6.45, 7) is 4.34. The van der Waals surface area contributed by atoms with Crippen LogP contribution in [0.5, 0.6) is 0 Å². The molecule has 1 aliphatic rings. The number of nitrogens with two attached hydrogens (primary N) is 1. The second-order valence-electron chi connectivity index (χ2n) is 3.43. The summed E-state index contributed by atoms with van der Waals surface area (Å²) in [6, 6.07) is 0. The summed E-state index contributed by atoms with van der Waals surface area (Å²) >= 11 is 0. The normalized spacial score (nSPS) is 17.7. The Labute approximate surface area is 88.4 Å². The van der Waals surface area contributed by atoms with Gasteiger partial charge in [-0.05, 0) is 0 Å². The summed E-state index contributed by atoms with van der Waals surface area (Å²) in [4.78, 5) is 10.7. The molecule has 3 N–H and O–H groups in total. The first-order chi connectivity index (χ1) is 7.38. The number of nitrogen functional groups attached to an aromatic ring is 1. The Balaban J connectivity index is 1.91. The van der Waals surface area contributed by atoms with E-state index in [0.29, 0.717) is 5.82 Å². The van der Waals surface area contributed by atoms with E-state index in [1.807, 2.05) is 0 Å². The van der Waals surface area contributed by atoms with Crippen molar-refractivity contribution in [3.63, 3.8) is 0 Å². The van der Waals surface area contributed by atoms with Crippen molar-refractivity contribution < 1.29 is 4.74 Å². The maximum atomic E-state index is 5.27. The van der Waals surface area contributed by atoms with Crippen LogP contribution in [0, 0.1) is 0 Å². The van der Waals surface area contributed by atoms with Crippen molar-refractivity contribution in [1.29, 1.82) is 0 Å². The monoisotopic (exact) mass is 209 g/mol. The molecule has 1 aromatic rings. The first-order valence-corrected chi connectivity index (χ1v) is 4.96. The van der Waals surface area contributed by atoms with Crippen molar-refractivity contribution in [3.8, 4) is 0 Å². The molecule has 0 aliphatic carbocycles. The standard InChI is InChI=1S/C9H15N5O/c10-13-9-6-11-8(5-12-9)7-14-1-3-15-4-2-14/h5-6H,1-4,7,10H2,(H,12,13).